The third kappa shape index (κ3) is 7.16. The van der Waals surface area contributed by atoms with Crippen LogP contribution in [0.4, 0.5) is 0 Å². The van der Waals surface area contributed by atoms with Gasteiger partial charge in [0.25, 0.3) is 5.91 Å². The molecular formula is C12H22N2O7. The lowest BCUT2D eigenvalue weighted by atomic mass is 10.0. The van der Waals surface area contributed by atoms with Crippen LogP contribution in [0.1, 0.15) is 6.42 Å². The van der Waals surface area contributed by atoms with E-state index >= 15 is 0 Å². The monoisotopic (exact) mass is 306 g/mol. The predicted octanol–water partition coefficient (Wildman–Crippen LogP) is -3.77. The standard InChI is InChI=1S/C12H22N2O7/c1-2-8(17)13-4-3-5-14-12(21)11(20)10(19)9(18)7(16)6-15/h2,7,9-11,15-16,18-20H,1,3-6H2,(H,13,17)(H,14,21)/t7-,9-,10+,11-/m1/s1. The van der Waals surface area contributed by atoms with E-state index in [2.05, 4.69) is 17.2 Å². The van der Waals surface area contributed by atoms with Gasteiger partial charge in [0, 0.05) is 13.1 Å². The zero-order chi connectivity index (χ0) is 16.4. The van der Waals surface area contributed by atoms with Crippen molar-refractivity contribution in [3.05, 3.63) is 12.7 Å². The maximum absolute atomic E-state index is 11.5. The minimum Gasteiger partial charge on any atom is -0.394 e. The van der Waals surface area contributed by atoms with Crippen molar-refractivity contribution in [2.75, 3.05) is 19.7 Å². The van der Waals surface area contributed by atoms with Crippen LogP contribution in [-0.4, -0.2) is 81.5 Å². The van der Waals surface area contributed by atoms with Gasteiger partial charge in [0.15, 0.2) is 6.10 Å². The summed E-state index contributed by atoms with van der Waals surface area (Å²) in [7, 11) is 0. The van der Waals surface area contributed by atoms with Crippen LogP contribution in [-0.2, 0) is 9.59 Å². The summed E-state index contributed by atoms with van der Waals surface area (Å²) in [6.07, 6.45) is -5.93. The SMILES string of the molecule is C=CC(=O)NCCCNC(=O)[C@H](O)[C@@H](O)[C@H](O)[C@H](O)CO. The first-order valence-electron chi connectivity index (χ1n) is 6.36. The van der Waals surface area contributed by atoms with Gasteiger partial charge >= 0.3 is 0 Å². The molecule has 21 heavy (non-hydrogen) atoms. The van der Waals surface area contributed by atoms with Gasteiger partial charge in [-0.25, -0.2) is 0 Å². The van der Waals surface area contributed by atoms with Crippen LogP contribution < -0.4 is 10.6 Å². The number of nitrogens with one attached hydrogen (secondary N) is 2. The molecule has 0 fully saturated rings. The first-order valence-corrected chi connectivity index (χ1v) is 6.36. The largest absolute Gasteiger partial charge is 0.394 e. The second-order valence-electron chi connectivity index (χ2n) is 4.32. The topological polar surface area (TPSA) is 159 Å². The number of aliphatic hydroxyl groups excluding tert-OH is 5. The van der Waals surface area contributed by atoms with Gasteiger partial charge in [0.1, 0.15) is 18.3 Å². The Balaban J connectivity index is 4.04. The fourth-order valence-electron chi connectivity index (χ4n) is 1.37. The maximum Gasteiger partial charge on any atom is 0.251 e. The number of carbonyl (C=O) groups excluding carboxylic acids is 2. The van der Waals surface area contributed by atoms with Crippen LogP contribution in [0, 0.1) is 0 Å². The molecule has 0 aromatic heterocycles. The third-order valence-corrected chi connectivity index (χ3v) is 2.66. The Morgan fingerprint density at radius 1 is 1.05 bits per heavy atom. The number of rotatable bonds is 10. The van der Waals surface area contributed by atoms with E-state index in [1.165, 1.54) is 0 Å². The lowest BCUT2D eigenvalue weighted by Gasteiger charge is -2.24. The normalized spacial score (nSPS) is 16.4. The molecule has 0 heterocycles. The molecule has 0 aliphatic heterocycles. The van der Waals surface area contributed by atoms with Gasteiger partial charge in [-0.2, -0.15) is 0 Å². The summed E-state index contributed by atoms with van der Waals surface area (Å²) in [5.74, 6) is -1.29. The van der Waals surface area contributed by atoms with Gasteiger partial charge < -0.3 is 36.2 Å². The van der Waals surface area contributed by atoms with Gasteiger partial charge in [0.2, 0.25) is 5.91 Å². The van der Waals surface area contributed by atoms with Gasteiger partial charge in [0.05, 0.1) is 6.61 Å². The molecular weight excluding hydrogens is 284 g/mol. The summed E-state index contributed by atoms with van der Waals surface area (Å²) in [4.78, 5) is 22.3. The van der Waals surface area contributed by atoms with Crippen LogP contribution in [0.2, 0.25) is 0 Å². The second kappa shape index (κ2) is 10.2. The molecule has 0 rings (SSSR count). The Morgan fingerprint density at radius 2 is 1.62 bits per heavy atom. The second-order valence-corrected chi connectivity index (χ2v) is 4.32. The average molecular weight is 306 g/mol. The number of hydrogen-bond donors (Lipinski definition) is 7. The fourth-order valence-corrected chi connectivity index (χ4v) is 1.37. The molecule has 0 saturated carbocycles. The molecule has 0 aromatic rings. The van der Waals surface area contributed by atoms with Crippen LogP contribution in [0.25, 0.3) is 0 Å². The van der Waals surface area contributed by atoms with Crippen molar-refractivity contribution >= 4 is 11.8 Å². The molecule has 0 aliphatic carbocycles. The Morgan fingerprint density at radius 3 is 2.14 bits per heavy atom. The highest BCUT2D eigenvalue weighted by Crippen LogP contribution is 2.05. The van der Waals surface area contributed by atoms with E-state index in [1.807, 2.05) is 0 Å². The molecule has 0 spiro atoms. The van der Waals surface area contributed by atoms with E-state index in [0.29, 0.717) is 6.42 Å². The summed E-state index contributed by atoms with van der Waals surface area (Å²) in [6, 6.07) is 0. The Labute approximate surface area is 121 Å². The minimum atomic E-state index is -1.95. The molecule has 9 nitrogen and oxygen atoms in total. The first-order chi connectivity index (χ1) is 9.84. The molecule has 0 radical (unpaired) electrons. The van der Waals surface area contributed by atoms with Gasteiger partial charge in [-0.1, -0.05) is 6.58 Å². The maximum atomic E-state index is 11.5. The van der Waals surface area contributed by atoms with E-state index in [9.17, 15) is 24.9 Å². The molecule has 0 saturated heterocycles. The van der Waals surface area contributed by atoms with Crippen molar-refractivity contribution in [2.45, 2.75) is 30.8 Å². The summed E-state index contributed by atoms with van der Waals surface area (Å²) in [6.45, 7) is 2.85. The van der Waals surface area contributed by atoms with Crippen LogP contribution in [0.3, 0.4) is 0 Å². The molecule has 0 bridgehead atoms. The average Bonchev–Trinajstić information content (AvgIpc) is 2.50. The zero-order valence-electron chi connectivity index (χ0n) is 11.5. The van der Waals surface area contributed by atoms with Crippen molar-refractivity contribution in [3.63, 3.8) is 0 Å². The van der Waals surface area contributed by atoms with Crippen molar-refractivity contribution in [1.29, 1.82) is 0 Å². The Kier molecular flexibility index (Phi) is 9.50. The molecule has 0 unspecified atom stereocenters. The first kappa shape index (κ1) is 19.5. The fraction of sp³-hybridized carbons (Fsp3) is 0.667. The van der Waals surface area contributed by atoms with Crippen molar-refractivity contribution in [3.8, 4) is 0 Å². The molecule has 0 aromatic carbocycles. The number of hydrogen-bond acceptors (Lipinski definition) is 7. The van der Waals surface area contributed by atoms with Crippen LogP contribution >= 0.6 is 0 Å². The molecule has 7 N–H and O–H groups in total. The van der Waals surface area contributed by atoms with Gasteiger partial charge in [-0.05, 0) is 12.5 Å². The van der Waals surface area contributed by atoms with Crippen molar-refractivity contribution in [2.24, 2.45) is 0 Å². The molecule has 122 valence electrons. The summed E-state index contributed by atoms with van der Waals surface area (Å²) >= 11 is 0. The molecule has 2 amide bonds. The molecule has 4 atom stereocenters. The molecule has 0 aliphatic rings. The highest BCUT2D eigenvalue weighted by atomic mass is 16.4. The minimum absolute atomic E-state index is 0.124. The molecule has 9 heteroatoms. The zero-order valence-corrected chi connectivity index (χ0v) is 11.5. The third-order valence-electron chi connectivity index (χ3n) is 2.66. The number of aliphatic hydroxyl groups is 5. The van der Waals surface area contributed by atoms with Crippen LogP contribution in [0.5, 0.6) is 0 Å². The Bertz CT molecular complexity index is 350. The van der Waals surface area contributed by atoms with E-state index in [4.69, 9.17) is 10.2 Å². The van der Waals surface area contributed by atoms with Crippen molar-refractivity contribution in [1.82, 2.24) is 10.6 Å². The van der Waals surface area contributed by atoms with Gasteiger partial charge in [-0.3, -0.25) is 9.59 Å². The smallest absolute Gasteiger partial charge is 0.251 e. The van der Waals surface area contributed by atoms with Gasteiger partial charge in [-0.15, -0.1) is 0 Å². The lowest BCUT2D eigenvalue weighted by molar-refractivity contribution is -0.148. The van der Waals surface area contributed by atoms with Crippen LogP contribution in [0.15, 0.2) is 12.7 Å². The number of amides is 2. The number of carbonyl (C=O) groups is 2. The lowest BCUT2D eigenvalue weighted by Crippen LogP contribution is -2.51. The van der Waals surface area contributed by atoms with E-state index in [-0.39, 0.29) is 19.0 Å². The summed E-state index contributed by atoms with van der Waals surface area (Å²) in [5, 5.41) is 50.8. The van der Waals surface area contributed by atoms with E-state index in [1.54, 1.807) is 0 Å². The van der Waals surface area contributed by atoms with Crippen molar-refractivity contribution < 1.29 is 35.1 Å². The van der Waals surface area contributed by atoms with E-state index in [0.717, 1.165) is 6.08 Å². The highest BCUT2D eigenvalue weighted by Gasteiger charge is 2.33. The summed E-state index contributed by atoms with van der Waals surface area (Å²) < 4.78 is 0. The van der Waals surface area contributed by atoms with E-state index < -0.39 is 36.9 Å². The quantitative estimate of drug-likeness (QED) is 0.161. The highest BCUT2D eigenvalue weighted by molar-refractivity contribution is 5.86. The predicted molar refractivity (Wildman–Crippen MR) is 71.9 cm³/mol. The Hall–Kier alpha value is -1.52. The summed E-state index contributed by atoms with van der Waals surface area (Å²) in [5.41, 5.74) is 0.